The van der Waals surface area contributed by atoms with Gasteiger partial charge in [-0.05, 0) is 48.0 Å². The van der Waals surface area contributed by atoms with Gasteiger partial charge in [-0.2, -0.15) is 0 Å². The average molecular weight is 513 g/mol. The average Bonchev–Trinajstić information content (AvgIpc) is 2.98. The summed E-state index contributed by atoms with van der Waals surface area (Å²) in [6, 6.07) is -2.42. The Morgan fingerprint density at radius 2 is 1.61 bits per heavy atom. The van der Waals surface area contributed by atoms with Gasteiger partial charge < -0.3 is 29.5 Å². The van der Waals surface area contributed by atoms with E-state index < -0.39 is 53.6 Å². The predicted octanol–water partition coefficient (Wildman–Crippen LogP) is 2.08. The second kappa shape index (κ2) is 9.48. The monoisotopic (exact) mass is 512 g/mol. The first kappa shape index (κ1) is 27.0. The molecule has 3 rings (SSSR count). The van der Waals surface area contributed by atoms with Gasteiger partial charge in [-0.25, -0.2) is 24.1 Å². The van der Waals surface area contributed by atoms with Crippen LogP contribution in [0.2, 0.25) is 0 Å². The summed E-state index contributed by atoms with van der Waals surface area (Å²) in [6.45, 7) is 9.79. The van der Waals surface area contributed by atoms with E-state index in [4.69, 9.17) is 29.5 Å². The summed E-state index contributed by atoms with van der Waals surface area (Å²) in [5.74, 6) is -0.980. The van der Waals surface area contributed by atoms with Crippen LogP contribution in [0, 0.1) is 5.92 Å². The van der Waals surface area contributed by atoms with E-state index in [2.05, 4.69) is 0 Å². The number of β-lactam (4-membered cyclic amide) rings is 1. The number of hydrogen-bond acceptors (Lipinski definition) is 11. The summed E-state index contributed by atoms with van der Waals surface area (Å²) in [5, 5.41) is 1.25. The third kappa shape index (κ3) is 5.64. The topological polar surface area (TPSA) is 167 Å². The lowest BCUT2D eigenvalue weighted by atomic mass is 9.79. The highest BCUT2D eigenvalue weighted by Crippen LogP contribution is 2.49. The van der Waals surface area contributed by atoms with Crippen molar-refractivity contribution in [3.63, 3.8) is 0 Å². The molecule has 2 N–H and O–H groups in total. The van der Waals surface area contributed by atoms with Crippen molar-refractivity contribution in [3.05, 3.63) is 11.5 Å². The lowest BCUT2D eigenvalue weighted by molar-refractivity contribution is -0.223. The maximum Gasteiger partial charge on any atom is 0.528 e. The van der Waals surface area contributed by atoms with E-state index in [1.54, 1.807) is 41.5 Å². The number of hydroxylamine groups is 2. The second-order valence-corrected chi connectivity index (χ2v) is 10.6. The zero-order valence-electron chi connectivity index (χ0n) is 21.4. The molecule has 1 unspecified atom stereocenters. The van der Waals surface area contributed by atoms with E-state index in [-0.39, 0.29) is 25.0 Å². The Morgan fingerprint density at radius 1 is 1.03 bits per heavy atom. The number of ether oxygens (including phenoxy) is 4. The largest absolute Gasteiger partial charge is 0.528 e. The number of carbonyl (C=O) groups is 5. The number of amides is 4. The fourth-order valence-electron chi connectivity index (χ4n) is 4.12. The molecule has 3 heterocycles. The Balaban J connectivity index is 1.82. The summed E-state index contributed by atoms with van der Waals surface area (Å²) in [7, 11) is 1.14. The van der Waals surface area contributed by atoms with Gasteiger partial charge in [-0.3, -0.25) is 9.69 Å². The van der Waals surface area contributed by atoms with Gasteiger partial charge in [-0.1, -0.05) is 0 Å². The van der Waals surface area contributed by atoms with Gasteiger partial charge in [-0.15, -0.1) is 5.06 Å². The third-order valence-corrected chi connectivity index (χ3v) is 5.54. The Morgan fingerprint density at radius 3 is 2.17 bits per heavy atom. The molecule has 0 bridgehead atoms. The smallest absolute Gasteiger partial charge is 0.444 e. The number of imide groups is 1. The summed E-state index contributed by atoms with van der Waals surface area (Å²) in [5.41, 5.74) is 3.80. The molecular formula is C22H32N4O10. The number of nitrogens with zero attached hydrogens (tertiary/aromatic N) is 3. The van der Waals surface area contributed by atoms with Crippen LogP contribution in [0.5, 0.6) is 0 Å². The molecule has 2 saturated heterocycles. The van der Waals surface area contributed by atoms with Gasteiger partial charge in [0.15, 0.2) is 0 Å². The molecule has 36 heavy (non-hydrogen) atoms. The molecule has 0 spiro atoms. The Kier molecular flexibility index (Phi) is 7.12. The fourth-order valence-corrected chi connectivity index (χ4v) is 4.12. The maximum absolute atomic E-state index is 13.1. The number of nitrogens with two attached hydrogens (primary N) is 1. The highest BCUT2D eigenvalue weighted by atomic mass is 16.8. The molecule has 0 aromatic carbocycles. The molecule has 3 aliphatic rings. The molecule has 2 fully saturated rings. The molecule has 0 saturated carbocycles. The van der Waals surface area contributed by atoms with Crippen LogP contribution in [0.1, 0.15) is 48.0 Å². The standard InChI is InChI=1S/C22H32N4O10/c1-21(2,3)34-19(30)33-16-12(10-32-18(29)24(7)17(23)28)11-8-9-25(14-13(11)26(16)15(14)27)36-20(31)35-22(4,5)6/h11,13-14H,8-10H2,1-7H3,(H2,23,28)/t11?,13-,14+/m1/s1. The van der Waals surface area contributed by atoms with Gasteiger partial charge >= 0.3 is 24.4 Å². The zero-order chi connectivity index (χ0) is 27.2. The molecule has 3 atom stereocenters. The lowest BCUT2D eigenvalue weighted by Gasteiger charge is -2.51. The van der Waals surface area contributed by atoms with Crippen LogP contribution in [-0.2, 0) is 28.6 Å². The van der Waals surface area contributed by atoms with Crippen LogP contribution < -0.4 is 5.73 Å². The van der Waals surface area contributed by atoms with E-state index in [1.165, 1.54) is 9.96 Å². The van der Waals surface area contributed by atoms with Crippen molar-refractivity contribution in [1.29, 1.82) is 0 Å². The number of rotatable bonds is 4. The van der Waals surface area contributed by atoms with Crippen molar-refractivity contribution in [1.82, 2.24) is 14.9 Å². The van der Waals surface area contributed by atoms with E-state index in [1.807, 2.05) is 0 Å². The number of primary amides is 1. The quantitative estimate of drug-likeness (QED) is 0.333. The van der Waals surface area contributed by atoms with Crippen LogP contribution in [0.15, 0.2) is 11.5 Å². The fraction of sp³-hybridized carbons (Fsp3) is 0.682. The van der Waals surface area contributed by atoms with Crippen LogP contribution in [0.4, 0.5) is 19.2 Å². The first-order valence-electron chi connectivity index (χ1n) is 11.3. The molecule has 0 aromatic heterocycles. The highest BCUT2D eigenvalue weighted by Gasteiger charge is 2.65. The van der Waals surface area contributed by atoms with Crippen LogP contribution >= 0.6 is 0 Å². The second-order valence-electron chi connectivity index (χ2n) is 10.6. The van der Waals surface area contributed by atoms with Gasteiger partial charge in [0.05, 0.1) is 6.04 Å². The Hall–Kier alpha value is -3.55. The van der Waals surface area contributed by atoms with E-state index in [9.17, 15) is 24.0 Å². The summed E-state index contributed by atoms with van der Waals surface area (Å²) < 4.78 is 21.0. The lowest BCUT2D eigenvalue weighted by Crippen LogP contribution is -2.72. The number of piperidine rings is 1. The molecule has 200 valence electrons. The normalized spacial score (nSPS) is 23.4. The van der Waals surface area contributed by atoms with E-state index in [0.717, 1.165) is 7.05 Å². The van der Waals surface area contributed by atoms with Crippen molar-refractivity contribution >= 4 is 30.3 Å². The van der Waals surface area contributed by atoms with Crippen molar-refractivity contribution in [3.8, 4) is 0 Å². The van der Waals surface area contributed by atoms with Crippen LogP contribution in [0.25, 0.3) is 0 Å². The molecule has 0 aliphatic carbocycles. The van der Waals surface area contributed by atoms with Crippen molar-refractivity contribution in [2.45, 2.75) is 71.2 Å². The molecule has 0 radical (unpaired) electrons. The molecular weight excluding hydrogens is 480 g/mol. The molecule has 4 amide bonds. The third-order valence-electron chi connectivity index (χ3n) is 5.54. The minimum Gasteiger partial charge on any atom is -0.444 e. The summed E-state index contributed by atoms with van der Waals surface area (Å²) in [4.78, 5) is 68.2. The number of carbonyl (C=O) groups excluding carboxylic acids is 5. The number of hydrogen-bond donors (Lipinski definition) is 1. The predicted molar refractivity (Wildman–Crippen MR) is 120 cm³/mol. The van der Waals surface area contributed by atoms with Gasteiger partial charge in [0.1, 0.15) is 23.9 Å². The highest BCUT2D eigenvalue weighted by molar-refractivity contribution is 5.93. The molecule has 14 nitrogen and oxygen atoms in total. The Bertz CT molecular complexity index is 996. The van der Waals surface area contributed by atoms with Gasteiger partial charge in [0.25, 0.3) is 5.91 Å². The molecule has 0 aromatic rings. The van der Waals surface area contributed by atoms with Crippen molar-refractivity contribution in [2.24, 2.45) is 11.7 Å². The van der Waals surface area contributed by atoms with Crippen molar-refractivity contribution < 1.29 is 47.8 Å². The van der Waals surface area contributed by atoms with Crippen molar-refractivity contribution in [2.75, 3.05) is 20.2 Å². The summed E-state index contributed by atoms with van der Waals surface area (Å²) in [6.07, 6.45) is -2.65. The summed E-state index contributed by atoms with van der Waals surface area (Å²) >= 11 is 0. The molecule has 3 aliphatic heterocycles. The maximum atomic E-state index is 13.1. The minimum absolute atomic E-state index is 0.117. The van der Waals surface area contributed by atoms with Gasteiger partial charge in [0, 0.05) is 25.1 Å². The van der Waals surface area contributed by atoms with Crippen LogP contribution in [-0.4, -0.2) is 88.7 Å². The van der Waals surface area contributed by atoms with Crippen LogP contribution in [0.3, 0.4) is 0 Å². The Labute approximate surface area is 208 Å². The van der Waals surface area contributed by atoms with E-state index >= 15 is 0 Å². The first-order valence-corrected chi connectivity index (χ1v) is 11.3. The minimum atomic E-state index is -1.05. The zero-order valence-corrected chi connectivity index (χ0v) is 21.4. The number of urea groups is 1. The SMILES string of the molecule is CN(C(N)=O)C(=O)OCC1=C(OC(=O)OC(C)(C)C)N2C(=O)[C@@H]3[C@H]2C1CCN3OC(=O)OC(C)(C)C. The first-order chi connectivity index (χ1) is 16.5. The van der Waals surface area contributed by atoms with Gasteiger partial charge in [0.2, 0.25) is 5.88 Å². The molecule has 14 heteroatoms. The van der Waals surface area contributed by atoms with E-state index in [0.29, 0.717) is 16.9 Å².